The summed E-state index contributed by atoms with van der Waals surface area (Å²) >= 11 is 0.183. The van der Waals surface area contributed by atoms with Gasteiger partial charge in [0.05, 0.1) is 0 Å². The molecular formula is C23H36O4SeSi. The second-order valence-electron chi connectivity index (χ2n) is 11.0. The van der Waals surface area contributed by atoms with E-state index in [0.29, 0.717) is 10.9 Å². The van der Waals surface area contributed by atoms with Crippen molar-refractivity contribution in [2.75, 3.05) is 0 Å². The van der Waals surface area contributed by atoms with E-state index < -0.39 is 36.6 Å². The molecule has 0 N–H and O–H groups in total. The van der Waals surface area contributed by atoms with Gasteiger partial charge in [0, 0.05) is 0 Å². The molecule has 0 bridgehead atoms. The second kappa shape index (κ2) is 8.20. The van der Waals surface area contributed by atoms with E-state index in [-0.39, 0.29) is 20.9 Å². The number of benzene rings is 1. The Balaban J connectivity index is 2.39. The molecule has 1 aromatic rings. The van der Waals surface area contributed by atoms with Gasteiger partial charge in [-0.15, -0.1) is 0 Å². The molecule has 2 atom stereocenters. The molecule has 0 aromatic heterocycles. The number of carbonyl (C=O) groups is 2. The van der Waals surface area contributed by atoms with Crippen LogP contribution >= 0.6 is 0 Å². The van der Waals surface area contributed by atoms with Crippen LogP contribution in [0.2, 0.25) is 24.1 Å². The first kappa shape index (κ1) is 24.2. The first-order valence-electron chi connectivity index (χ1n) is 10.2. The molecule has 29 heavy (non-hydrogen) atoms. The minimum atomic E-state index is -1.66. The van der Waals surface area contributed by atoms with Crippen molar-refractivity contribution >= 4 is 39.4 Å². The van der Waals surface area contributed by atoms with Crippen molar-refractivity contribution in [2.45, 2.75) is 83.2 Å². The summed E-state index contributed by atoms with van der Waals surface area (Å²) in [5.74, 6) is -0.855. The van der Waals surface area contributed by atoms with E-state index >= 15 is 0 Å². The first-order valence-corrected chi connectivity index (χ1v) is 15.7. The Bertz CT molecular complexity index is 713. The van der Waals surface area contributed by atoms with Gasteiger partial charge in [0.2, 0.25) is 0 Å². The third-order valence-corrected chi connectivity index (χ3v) is 14.3. The Labute approximate surface area is 183 Å². The molecule has 4 nitrogen and oxygen atoms in total. The van der Waals surface area contributed by atoms with Crippen LogP contribution in [0.4, 0.5) is 0 Å². The summed E-state index contributed by atoms with van der Waals surface area (Å²) in [6, 6.07) is 10.4. The molecule has 6 heteroatoms. The van der Waals surface area contributed by atoms with Crippen LogP contribution in [-0.2, 0) is 19.1 Å². The van der Waals surface area contributed by atoms with E-state index in [0.717, 1.165) is 0 Å². The molecule has 1 aliphatic carbocycles. The second-order valence-corrected chi connectivity index (χ2v) is 19.8. The monoisotopic (exact) mass is 484 g/mol. The molecule has 0 heterocycles. The van der Waals surface area contributed by atoms with Gasteiger partial charge >= 0.3 is 183 Å². The average molecular weight is 484 g/mol. The molecule has 1 saturated carbocycles. The third-order valence-electron chi connectivity index (χ3n) is 4.77. The van der Waals surface area contributed by atoms with Crippen LogP contribution < -0.4 is 4.46 Å². The van der Waals surface area contributed by atoms with E-state index in [1.807, 2.05) is 47.6 Å². The zero-order valence-corrected chi connectivity index (χ0v) is 22.0. The van der Waals surface area contributed by atoms with Crippen molar-refractivity contribution in [1.29, 1.82) is 0 Å². The summed E-state index contributed by atoms with van der Waals surface area (Å²) in [7, 11) is -1.66. The molecule has 0 unspecified atom stereocenters. The number of carbonyl (C=O) groups excluding carboxylic acids is 2. The van der Waals surface area contributed by atoms with Gasteiger partial charge in [-0.2, -0.15) is 0 Å². The van der Waals surface area contributed by atoms with Gasteiger partial charge < -0.3 is 0 Å². The summed E-state index contributed by atoms with van der Waals surface area (Å²) in [5.41, 5.74) is -2.45. The molecule has 162 valence electrons. The van der Waals surface area contributed by atoms with E-state index in [4.69, 9.17) is 9.47 Å². The van der Waals surface area contributed by atoms with Crippen molar-refractivity contribution in [3.63, 3.8) is 0 Å². The van der Waals surface area contributed by atoms with Crippen molar-refractivity contribution in [1.82, 2.24) is 0 Å². The Kier molecular flexibility index (Phi) is 6.84. The fraction of sp³-hybridized carbons (Fsp3) is 0.652. The molecule has 0 amide bonds. The van der Waals surface area contributed by atoms with Gasteiger partial charge in [0.1, 0.15) is 0 Å². The van der Waals surface area contributed by atoms with Gasteiger partial charge in [-0.3, -0.25) is 0 Å². The standard InChI is InChI=1S/C23H36O4SeSi/c1-21(2,3)26-19(24)23(20(25)27-22(4,5)6)15-17(23)18(29(7,8)9)28-16-13-11-10-12-14-16/h10-14,17-18H,15H2,1-9H3/t17-,18-/m1/s1. The van der Waals surface area contributed by atoms with Gasteiger partial charge in [0.15, 0.2) is 0 Å². The topological polar surface area (TPSA) is 52.6 Å². The van der Waals surface area contributed by atoms with E-state index in [9.17, 15) is 9.59 Å². The predicted octanol–water partition coefficient (Wildman–Crippen LogP) is 4.37. The van der Waals surface area contributed by atoms with Crippen LogP contribution in [0.15, 0.2) is 30.3 Å². The Morgan fingerprint density at radius 2 is 1.41 bits per heavy atom. The van der Waals surface area contributed by atoms with Gasteiger partial charge in [-0.1, -0.05) is 0 Å². The molecular weight excluding hydrogens is 447 g/mol. The maximum absolute atomic E-state index is 13.3. The normalized spacial score (nSPS) is 20.0. The minimum absolute atomic E-state index is 0.0147. The molecule has 0 spiro atoms. The molecule has 0 aliphatic heterocycles. The SMILES string of the molecule is CC(C)(C)OC(=O)C1(C(=O)OC(C)(C)C)C[C@@H]1[C@H]([Se]c1ccccc1)[Si](C)(C)C. The van der Waals surface area contributed by atoms with Crippen LogP contribution in [0.5, 0.6) is 0 Å². The van der Waals surface area contributed by atoms with Crippen LogP contribution in [0, 0.1) is 11.3 Å². The third kappa shape index (κ3) is 6.19. The van der Waals surface area contributed by atoms with Crippen molar-refractivity contribution in [3.8, 4) is 0 Å². The van der Waals surface area contributed by atoms with Crippen molar-refractivity contribution in [2.24, 2.45) is 11.3 Å². The molecule has 1 aliphatic rings. The zero-order chi connectivity index (χ0) is 22.3. The molecule has 0 saturated heterocycles. The summed E-state index contributed by atoms with van der Waals surface area (Å²) in [5, 5.41) is 0. The molecule has 1 fully saturated rings. The fourth-order valence-corrected chi connectivity index (χ4v) is 10.7. The van der Waals surface area contributed by atoms with Crippen molar-refractivity contribution < 1.29 is 19.1 Å². The van der Waals surface area contributed by atoms with Gasteiger partial charge in [-0.25, -0.2) is 0 Å². The molecule has 2 rings (SSSR count). The van der Waals surface area contributed by atoms with Crippen molar-refractivity contribution in [3.05, 3.63) is 30.3 Å². The fourth-order valence-electron chi connectivity index (χ4n) is 3.45. The van der Waals surface area contributed by atoms with E-state index in [2.05, 4.69) is 43.9 Å². The maximum atomic E-state index is 13.3. The summed E-state index contributed by atoms with van der Waals surface area (Å²) < 4.78 is 13.1. The Morgan fingerprint density at radius 1 is 0.966 bits per heavy atom. The van der Waals surface area contributed by atoms with Crippen LogP contribution in [0.1, 0.15) is 48.0 Å². The number of rotatable bonds is 6. The number of ether oxygens (including phenoxy) is 2. The van der Waals surface area contributed by atoms with E-state index in [1.54, 1.807) is 0 Å². The molecule has 1 aromatic carbocycles. The van der Waals surface area contributed by atoms with E-state index in [1.165, 1.54) is 4.46 Å². The Morgan fingerprint density at radius 3 is 1.79 bits per heavy atom. The summed E-state index contributed by atoms with van der Waals surface area (Å²) in [6.07, 6.45) is 0.528. The zero-order valence-electron chi connectivity index (χ0n) is 19.3. The van der Waals surface area contributed by atoms with Crippen LogP contribution in [0.25, 0.3) is 0 Å². The quantitative estimate of drug-likeness (QED) is 0.343. The average Bonchev–Trinajstić information content (AvgIpc) is 3.26. The number of hydrogen-bond donors (Lipinski definition) is 0. The van der Waals surface area contributed by atoms with Gasteiger partial charge in [0.25, 0.3) is 0 Å². The number of esters is 2. The summed E-state index contributed by atoms with van der Waals surface area (Å²) in [4.78, 5) is 26.5. The molecule has 0 radical (unpaired) electrons. The Hall–Kier alpha value is -1.10. The number of hydrogen-bond acceptors (Lipinski definition) is 4. The summed E-state index contributed by atoms with van der Waals surface area (Å²) in [6.45, 7) is 18.0. The van der Waals surface area contributed by atoms with Crippen LogP contribution in [0.3, 0.4) is 0 Å². The predicted molar refractivity (Wildman–Crippen MR) is 121 cm³/mol. The first-order chi connectivity index (χ1) is 13.1. The van der Waals surface area contributed by atoms with Gasteiger partial charge in [-0.05, 0) is 0 Å². The van der Waals surface area contributed by atoms with Crippen LogP contribution in [-0.4, -0.2) is 46.2 Å².